The maximum absolute atomic E-state index is 11.5. The quantitative estimate of drug-likeness (QED) is 0.420. The van der Waals surface area contributed by atoms with Crippen molar-refractivity contribution in [3.8, 4) is 0 Å². The first-order chi connectivity index (χ1) is 7.72. The molecular weight excluding hydrogens is 214 g/mol. The van der Waals surface area contributed by atoms with Crippen LogP contribution in [0.15, 0.2) is 6.20 Å². The number of aromatic nitrogens is 2. The second-order valence-corrected chi connectivity index (χ2v) is 2.73. The number of amides is 3. The molecule has 1 rings (SSSR count). The number of nitrogens with one attached hydrogen (secondary N) is 3. The molecule has 0 fully saturated rings. The minimum atomic E-state index is -0.608. The molecule has 0 saturated carbocycles. The summed E-state index contributed by atoms with van der Waals surface area (Å²) >= 11 is 0. The molecule has 0 aliphatic heterocycles. The molecule has 8 nitrogen and oxygen atoms in total. The van der Waals surface area contributed by atoms with Gasteiger partial charge in [0.05, 0.1) is 5.69 Å². The lowest BCUT2D eigenvalue weighted by Crippen LogP contribution is -2.36. The van der Waals surface area contributed by atoms with Gasteiger partial charge in [-0.1, -0.05) is 0 Å². The van der Waals surface area contributed by atoms with E-state index in [2.05, 4.69) is 15.8 Å². The lowest BCUT2D eigenvalue weighted by atomic mass is 10.3. The second-order valence-electron chi connectivity index (χ2n) is 2.73. The summed E-state index contributed by atoms with van der Waals surface area (Å²) < 4.78 is 1.49. The average molecular weight is 225 g/mol. The summed E-state index contributed by atoms with van der Waals surface area (Å²) in [4.78, 5) is 31.8. The van der Waals surface area contributed by atoms with Gasteiger partial charge in [0.15, 0.2) is 5.69 Å². The zero-order chi connectivity index (χ0) is 12.0. The Morgan fingerprint density at radius 3 is 2.81 bits per heavy atom. The number of rotatable bonds is 6. The molecule has 0 aliphatic rings. The maximum Gasteiger partial charge on any atom is 0.292 e. The van der Waals surface area contributed by atoms with Crippen LogP contribution in [0, 0.1) is 0 Å². The van der Waals surface area contributed by atoms with Crippen molar-refractivity contribution in [1.29, 1.82) is 0 Å². The van der Waals surface area contributed by atoms with Gasteiger partial charge in [-0.3, -0.25) is 29.9 Å². The van der Waals surface area contributed by atoms with Crippen molar-refractivity contribution >= 4 is 24.4 Å². The van der Waals surface area contributed by atoms with Crippen molar-refractivity contribution in [2.45, 2.75) is 13.5 Å². The van der Waals surface area contributed by atoms with Crippen molar-refractivity contribution in [1.82, 2.24) is 20.6 Å². The van der Waals surface area contributed by atoms with E-state index < -0.39 is 5.91 Å². The van der Waals surface area contributed by atoms with Crippen molar-refractivity contribution in [2.75, 3.05) is 5.32 Å². The number of hydrogen-bond donors (Lipinski definition) is 3. The molecule has 0 spiro atoms. The molecule has 0 unspecified atom stereocenters. The van der Waals surface area contributed by atoms with Gasteiger partial charge in [0, 0.05) is 12.7 Å². The van der Waals surface area contributed by atoms with Gasteiger partial charge < -0.3 is 5.32 Å². The fourth-order valence-electron chi connectivity index (χ4n) is 1.07. The Hall–Kier alpha value is -2.38. The van der Waals surface area contributed by atoms with Gasteiger partial charge in [-0.25, -0.2) is 0 Å². The van der Waals surface area contributed by atoms with Crippen molar-refractivity contribution < 1.29 is 14.4 Å². The average Bonchev–Trinajstić information content (AvgIpc) is 2.70. The summed E-state index contributed by atoms with van der Waals surface area (Å²) in [6, 6.07) is 0. The van der Waals surface area contributed by atoms with E-state index in [1.165, 1.54) is 10.9 Å². The lowest BCUT2D eigenvalue weighted by Gasteiger charge is -2.01. The topological polar surface area (TPSA) is 105 Å². The number of anilines is 1. The number of carbonyl (C=O) groups is 3. The summed E-state index contributed by atoms with van der Waals surface area (Å²) in [6.45, 7) is 2.39. The molecule has 8 heteroatoms. The van der Waals surface area contributed by atoms with E-state index in [0.29, 0.717) is 19.4 Å². The van der Waals surface area contributed by atoms with E-state index in [0.717, 1.165) is 0 Å². The summed E-state index contributed by atoms with van der Waals surface area (Å²) in [5.74, 6) is -0.608. The van der Waals surface area contributed by atoms with E-state index in [1.807, 2.05) is 12.3 Å². The van der Waals surface area contributed by atoms with Crippen molar-refractivity contribution in [2.24, 2.45) is 0 Å². The van der Waals surface area contributed by atoms with Crippen molar-refractivity contribution in [3.05, 3.63) is 11.9 Å². The number of nitrogens with zero attached hydrogens (tertiary/aromatic N) is 2. The highest BCUT2D eigenvalue weighted by Crippen LogP contribution is 2.12. The Morgan fingerprint density at radius 1 is 1.50 bits per heavy atom. The van der Waals surface area contributed by atoms with Crippen LogP contribution >= 0.6 is 0 Å². The Balaban J connectivity index is 2.90. The first-order valence-corrected chi connectivity index (χ1v) is 4.50. The number of hydrazine groups is 1. The van der Waals surface area contributed by atoms with E-state index in [4.69, 9.17) is 0 Å². The Kier molecular flexibility index (Phi) is 4.01. The Morgan fingerprint density at radius 2 is 2.25 bits per heavy atom. The van der Waals surface area contributed by atoms with Gasteiger partial charge in [-0.2, -0.15) is 5.10 Å². The lowest BCUT2D eigenvalue weighted by molar-refractivity contribution is -0.110. The first-order valence-electron chi connectivity index (χ1n) is 4.50. The highest BCUT2D eigenvalue weighted by molar-refractivity contribution is 5.99. The minimum Gasteiger partial charge on any atom is -0.325 e. The summed E-state index contributed by atoms with van der Waals surface area (Å²) in [5, 5.41) is 6.27. The smallest absolute Gasteiger partial charge is 0.292 e. The van der Waals surface area contributed by atoms with Gasteiger partial charge >= 0.3 is 0 Å². The third-order valence-corrected chi connectivity index (χ3v) is 1.76. The first kappa shape index (κ1) is 11.7. The zero-order valence-electron chi connectivity index (χ0n) is 8.56. The normalized spacial score (nSPS) is 9.31. The molecule has 16 heavy (non-hydrogen) atoms. The van der Waals surface area contributed by atoms with Crippen LogP contribution in [0.2, 0.25) is 0 Å². The number of hydrogen-bond acceptors (Lipinski definition) is 4. The molecule has 0 saturated heterocycles. The highest BCUT2D eigenvalue weighted by atomic mass is 16.2. The van der Waals surface area contributed by atoms with Gasteiger partial charge in [0.1, 0.15) is 0 Å². The van der Waals surface area contributed by atoms with Gasteiger partial charge in [0.25, 0.3) is 5.91 Å². The summed E-state index contributed by atoms with van der Waals surface area (Å²) in [6.07, 6.45) is 2.28. The van der Waals surface area contributed by atoms with Crippen LogP contribution in [0.25, 0.3) is 0 Å². The molecule has 0 radical (unpaired) electrons. The fourth-order valence-corrected chi connectivity index (χ4v) is 1.07. The molecule has 1 aromatic rings. The van der Waals surface area contributed by atoms with Crippen LogP contribution in [0.5, 0.6) is 0 Å². The molecule has 0 aliphatic carbocycles. The summed E-state index contributed by atoms with van der Waals surface area (Å²) in [7, 11) is 0. The molecule has 3 N–H and O–H groups in total. The zero-order valence-corrected chi connectivity index (χ0v) is 8.56. The SMILES string of the molecule is CCn1cc(NC=O)c(C(=O)NNC=O)n1. The second kappa shape index (κ2) is 5.49. The van der Waals surface area contributed by atoms with Crippen LogP contribution < -0.4 is 16.2 Å². The standard InChI is InChI=1S/C8H11N5O3/c1-2-13-3-6(9-4-14)7(12-13)8(16)11-10-5-15/h3-5H,2H2,1H3,(H,9,14)(H,10,15)(H,11,16). The van der Waals surface area contributed by atoms with Crippen LogP contribution in [0.3, 0.4) is 0 Å². The third-order valence-electron chi connectivity index (χ3n) is 1.76. The molecule has 86 valence electrons. The molecule has 0 aromatic carbocycles. The van der Waals surface area contributed by atoms with E-state index >= 15 is 0 Å². The third kappa shape index (κ3) is 2.56. The number of aryl methyl sites for hydroxylation is 1. The Labute approximate surface area is 91.0 Å². The molecule has 3 amide bonds. The van der Waals surface area contributed by atoms with Gasteiger partial charge in [0.2, 0.25) is 12.8 Å². The predicted molar refractivity (Wildman–Crippen MR) is 54.3 cm³/mol. The van der Waals surface area contributed by atoms with Gasteiger partial charge in [-0.15, -0.1) is 0 Å². The van der Waals surface area contributed by atoms with Gasteiger partial charge in [-0.05, 0) is 6.92 Å². The van der Waals surface area contributed by atoms with E-state index in [9.17, 15) is 14.4 Å². The fraction of sp³-hybridized carbons (Fsp3) is 0.250. The van der Waals surface area contributed by atoms with Crippen LogP contribution in [0.1, 0.15) is 17.4 Å². The largest absolute Gasteiger partial charge is 0.325 e. The van der Waals surface area contributed by atoms with E-state index in [-0.39, 0.29) is 11.4 Å². The number of carbonyl (C=O) groups excluding carboxylic acids is 3. The van der Waals surface area contributed by atoms with Crippen LogP contribution in [-0.4, -0.2) is 28.5 Å². The monoisotopic (exact) mass is 225 g/mol. The van der Waals surface area contributed by atoms with Crippen molar-refractivity contribution in [3.63, 3.8) is 0 Å². The molecule has 1 aromatic heterocycles. The predicted octanol–water partition coefficient (Wildman–Crippen LogP) is -1.14. The molecular formula is C8H11N5O3. The molecule has 1 heterocycles. The van der Waals surface area contributed by atoms with E-state index in [1.54, 1.807) is 0 Å². The molecule has 0 atom stereocenters. The molecule has 0 bridgehead atoms. The highest BCUT2D eigenvalue weighted by Gasteiger charge is 2.15. The summed E-state index contributed by atoms with van der Waals surface area (Å²) in [5.41, 5.74) is 4.40. The maximum atomic E-state index is 11.5. The van der Waals surface area contributed by atoms with Crippen LogP contribution in [0.4, 0.5) is 5.69 Å². The van der Waals surface area contributed by atoms with Crippen LogP contribution in [-0.2, 0) is 16.1 Å². The minimum absolute atomic E-state index is 0.0308. The Bertz CT molecular complexity index is 400.